The van der Waals surface area contributed by atoms with Crippen LogP contribution in [0.15, 0.2) is 47.7 Å². The summed E-state index contributed by atoms with van der Waals surface area (Å²) in [5.41, 5.74) is 2.41. The second-order valence-electron chi connectivity index (χ2n) is 7.70. The maximum absolute atomic E-state index is 9.52. The SMILES string of the molecule is CCNC(=NCc1ccc(-n2cccn2)cc1)NCC1(CCO)CCCCC1.I. The Hall–Kier alpha value is -1.61. The Kier molecular flexibility index (Phi) is 9.93. The fraction of sp³-hybridized carbons (Fsp3) is 0.545. The first-order chi connectivity index (χ1) is 13.7. The van der Waals surface area contributed by atoms with Gasteiger partial charge in [-0.25, -0.2) is 9.67 Å². The normalized spacial score (nSPS) is 16.1. The third kappa shape index (κ3) is 6.99. The number of nitrogens with zero attached hydrogens (tertiary/aromatic N) is 3. The topological polar surface area (TPSA) is 74.5 Å². The Labute approximate surface area is 191 Å². The van der Waals surface area contributed by atoms with Gasteiger partial charge in [0.05, 0.1) is 12.2 Å². The number of halogens is 1. The molecule has 0 spiro atoms. The maximum Gasteiger partial charge on any atom is 0.191 e. The highest BCUT2D eigenvalue weighted by molar-refractivity contribution is 14.0. The summed E-state index contributed by atoms with van der Waals surface area (Å²) in [5.74, 6) is 0.849. The number of aliphatic hydroxyl groups excluding tert-OH is 1. The van der Waals surface area contributed by atoms with Crippen molar-refractivity contribution in [1.29, 1.82) is 0 Å². The van der Waals surface area contributed by atoms with Crippen molar-refractivity contribution >= 4 is 29.9 Å². The molecule has 160 valence electrons. The van der Waals surface area contributed by atoms with E-state index in [0.717, 1.165) is 36.7 Å². The molecule has 1 saturated carbocycles. The second-order valence-corrected chi connectivity index (χ2v) is 7.70. The molecule has 1 heterocycles. The first-order valence-electron chi connectivity index (χ1n) is 10.5. The molecule has 29 heavy (non-hydrogen) atoms. The molecule has 3 rings (SSSR count). The van der Waals surface area contributed by atoms with Crippen molar-refractivity contribution in [2.75, 3.05) is 19.7 Å². The van der Waals surface area contributed by atoms with Crippen LogP contribution in [0.1, 0.15) is 51.0 Å². The zero-order valence-corrected chi connectivity index (χ0v) is 19.6. The molecule has 3 N–H and O–H groups in total. The largest absolute Gasteiger partial charge is 0.396 e. The van der Waals surface area contributed by atoms with E-state index >= 15 is 0 Å². The van der Waals surface area contributed by atoms with Gasteiger partial charge in [-0.15, -0.1) is 24.0 Å². The van der Waals surface area contributed by atoms with E-state index in [2.05, 4.69) is 46.9 Å². The lowest BCUT2D eigenvalue weighted by molar-refractivity contribution is 0.131. The molecule has 6 nitrogen and oxygen atoms in total. The van der Waals surface area contributed by atoms with E-state index in [4.69, 9.17) is 4.99 Å². The average molecular weight is 511 g/mol. The van der Waals surface area contributed by atoms with Crippen LogP contribution in [0.25, 0.3) is 5.69 Å². The Balaban J connectivity index is 0.00000300. The summed E-state index contributed by atoms with van der Waals surface area (Å²) in [6.07, 6.45) is 10.8. The Morgan fingerprint density at radius 2 is 1.93 bits per heavy atom. The van der Waals surface area contributed by atoms with Gasteiger partial charge in [-0.3, -0.25) is 0 Å². The minimum atomic E-state index is 0. The van der Waals surface area contributed by atoms with Gasteiger partial charge in [-0.2, -0.15) is 5.10 Å². The van der Waals surface area contributed by atoms with Crippen molar-refractivity contribution < 1.29 is 5.11 Å². The molecule has 2 aromatic rings. The van der Waals surface area contributed by atoms with E-state index in [1.165, 1.54) is 32.1 Å². The minimum Gasteiger partial charge on any atom is -0.396 e. The van der Waals surface area contributed by atoms with Crippen LogP contribution in [0, 0.1) is 5.41 Å². The number of rotatable bonds is 8. The number of benzene rings is 1. The first-order valence-corrected chi connectivity index (χ1v) is 10.5. The van der Waals surface area contributed by atoms with Gasteiger partial charge in [-0.1, -0.05) is 31.4 Å². The summed E-state index contributed by atoms with van der Waals surface area (Å²) in [5, 5.41) is 20.7. The third-order valence-corrected chi connectivity index (χ3v) is 5.66. The highest BCUT2D eigenvalue weighted by atomic mass is 127. The fourth-order valence-electron chi connectivity index (χ4n) is 4.01. The summed E-state index contributed by atoms with van der Waals surface area (Å²) in [7, 11) is 0. The van der Waals surface area contributed by atoms with Crippen LogP contribution in [0.2, 0.25) is 0 Å². The third-order valence-electron chi connectivity index (χ3n) is 5.66. The molecular weight excluding hydrogens is 477 g/mol. The fourth-order valence-corrected chi connectivity index (χ4v) is 4.01. The molecule has 0 atom stereocenters. The predicted molar refractivity (Wildman–Crippen MR) is 129 cm³/mol. The van der Waals surface area contributed by atoms with Crippen molar-refractivity contribution in [2.45, 2.75) is 52.0 Å². The van der Waals surface area contributed by atoms with Crippen LogP contribution in [0.5, 0.6) is 0 Å². The summed E-state index contributed by atoms with van der Waals surface area (Å²) in [6.45, 7) is 4.68. The van der Waals surface area contributed by atoms with Gasteiger partial charge < -0.3 is 15.7 Å². The zero-order valence-electron chi connectivity index (χ0n) is 17.3. The predicted octanol–water partition coefficient (Wildman–Crippen LogP) is 3.88. The van der Waals surface area contributed by atoms with Crippen LogP contribution in [-0.4, -0.2) is 40.5 Å². The van der Waals surface area contributed by atoms with Crippen LogP contribution in [0.4, 0.5) is 0 Å². The lowest BCUT2D eigenvalue weighted by Crippen LogP contribution is -2.44. The number of nitrogens with one attached hydrogen (secondary N) is 2. The van der Waals surface area contributed by atoms with Gasteiger partial charge in [0, 0.05) is 32.1 Å². The number of hydrogen-bond donors (Lipinski definition) is 3. The van der Waals surface area contributed by atoms with Gasteiger partial charge in [0.15, 0.2) is 5.96 Å². The quantitative estimate of drug-likeness (QED) is 0.286. The Bertz CT molecular complexity index is 719. The number of aliphatic imine (C=N–C) groups is 1. The van der Waals surface area contributed by atoms with E-state index in [-0.39, 0.29) is 36.0 Å². The smallest absolute Gasteiger partial charge is 0.191 e. The van der Waals surface area contributed by atoms with Crippen molar-refractivity contribution in [3.05, 3.63) is 48.3 Å². The van der Waals surface area contributed by atoms with Crippen molar-refractivity contribution in [2.24, 2.45) is 10.4 Å². The summed E-state index contributed by atoms with van der Waals surface area (Å²) in [4.78, 5) is 4.76. The van der Waals surface area contributed by atoms with E-state index in [9.17, 15) is 5.11 Å². The molecule has 0 aliphatic heterocycles. The Morgan fingerprint density at radius 3 is 2.55 bits per heavy atom. The molecule has 1 aromatic heterocycles. The van der Waals surface area contributed by atoms with Gasteiger partial charge in [0.1, 0.15) is 0 Å². The molecule has 1 aliphatic carbocycles. The lowest BCUT2D eigenvalue weighted by Gasteiger charge is -2.37. The van der Waals surface area contributed by atoms with Gasteiger partial charge >= 0.3 is 0 Å². The van der Waals surface area contributed by atoms with Crippen molar-refractivity contribution in [3.63, 3.8) is 0 Å². The number of aromatic nitrogens is 2. The summed E-state index contributed by atoms with van der Waals surface area (Å²) in [6, 6.07) is 10.2. The van der Waals surface area contributed by atoms with E-state index < -0.39 is 0 Å². The second kappa shape index (κ2) is 12.2. The monoisotopic (exact) mass is 511 g/mol. The molecule has 1 aliphatic rings. The van der Waals surface area contributed by atoms with Crippen LogP contribution in [-0.2, 0) is 6.54 Å². The minimum absolute atomic E-state index is 0. The molecule has 0 amide bonds. The molecule has 0 saturated heterocycles. The van der Waals surface area contributed by atoms with E-state index in [1.807, 2.05) is 16.9 Å². The highest BCUT2D eigenvalue weighted by Crippen LogP contribution is 2.38. The van der Waals surface area contributed by atoms with Gasteiger partial charge in [0.25, 0.3) is 0 Å². The summed E-state index contributed by atoms with van der Waals surface area (Å²) < 4.78 is 1.85. The standard InChI is InChI=1S/C22H33N5O.HI/c1-2-23-21(25-18-22(13-16-28)11-4-3-5-12-22)24-17-19-7-9-20(10-8-19)27-15-6-14-26-27;/h6-10,14-15,28H,2-5,11-13,16-18H2,1H3,(H2,23,24,25);1H. The van der Waals surface area contributed by atoms with Crippen molar-refractivity contribution in [1.82, 2.24) is 20.4 Å². The highest BCUT2D eigenvalue weighted by Gasteiger charge is 2.31. The zero-order chi connectivity index (χ0) is 19.7. The van der Waals surface area contributed by atoms with Gasteiger partial charge in [0.2, 0.25) is 0 Å². The lowest BCUT2D eigenvalue weighted by atomic mass is 9.72. The molecule has 0 bridgehead atoms. The number of guanidine groups is 1. The van der Waals surface area contributed by atoms with Crippen LogP contribution in [0.3, 0.4) is 0 Å². The Morgan fingerprint density at radius 1 is 1.17 bits per heavy atom. The van der Waals surface area contributed by atoms with Crippen LogP contribution < -0.4 is 10.6 Å². The van der Waals surface area contributed by atoms with Crippen molar-refractivity contribution in [3.8, 4) is 5.69 Å². The van der Waals surface area contributed by atoms with Crippen LogP contribution >= 0.6 is 24.0 Å². The molecule has 7 heteroatoms. The number of aliphatic hydroxyl groups is 1. The first kappa shape index (κ1) is 23.7. The van der Waals surface area contributed by atoms with Gasteiger partial charge in [-0.05, 0) is 55.4 Å². The van der Waals surface area contributed by atoms with E-state index in [1.54, 1.807) is 6.20 Å². The molecule has 1 fully saturated rings. The molecule has 1 aromatic carbocycles. The van der Waals surface area contributed by atoms with E-state index in [0.29, 0.717) is 6.54 Å². The average Bonchev–Trinajstić information content (AvgIpc) is 3.26. The molecule has 0 unspecified atom stereocenters. The maximum atomic E-state index is 9.52. The summed E-state index contributed by atoms with van der Waals surface area (Å²) >= 11 is 0. The number of hydrogen-bond acceptors (Lipinski definition) is 3. The molecule has 0 radical (unpaired) electrons. The molecular formula is C22H34IN5O.